The maximum atomic E-state index is 12.5. The number of rotatable bonds is 7. The monoisotopic (exact) mass is 412 g/mol. The first-order chi connectivity index (χ1) is 14.5. The molecule has 0 aliphatic carbocycles. The van der Waals surface area contributed by atoms with Crippen molar-refractivity contribution < 1.29 is 33.6 Å². The minimum absolute atomic E-state index is 0.183. The van der Waals surface area contributed by atoms with Crippen molar-refractivity contribution in [2.45, 2.75) is 32.5 Å². The van der Waals surface area contributed by atoms with Crippen molar-refractivity contribution in [1.29, 1.82) is 0 Å². The van der Waals surface area contributed by atoms with Crippen LogP contribution in [0.1, 0.15) is 42.1 Å². The van der Waals surface area contributed by atoms with Crippen molar-refractivity contribution in [3.05, 3.63) is 59.2 Å². The lowest BCUT2D eigenvalue weighted by Gasteiger charge is -2.23. The number of benzene rings is 2. The molecule has 1 fully saturated rings. The van der Waals surface area contributed by atoms with Crippen LogP contribution in [0.5, 0.6) is 17.2 Å². The molecule has 0 aromatic heterocycles. The zero-order chi connectivity index (χ0) is 21.5. The summed E-state index contributed by atoms with van der Waals surface area (Å²) in [6.45, 7) is 2.19. The van der Waals surface area contributed by atoms with Gasteiger partial charge >= 0.3 is 11.9 Å². The van der Waals surface area contributed by atoms with Crippen molar-refractivity contribution >= 4 is 18.0 Å². The van der Waals surface area contributed by atoms with E-state index in [9.17, 15) is 9.59 Å². The molecule has 3 rings (SSSR count). The maximum Gasteiger partial charge on any atom is 0.343 e. The van der Waals surface area contributed by atoms with Crippen molar-refractivity contribution in [1.82, 2.24) is 0 Å². The van der Waals surface area contributed by atoms with Gasteiger partial charge in [-0.15, -0.1) is 0 Å². The fourth-order valence-corrected chi connectivity index (χ4v) is 2.95. The molecule has 0 saturated carbocycles. The molecule has 0 spiro atoms. The van der Waals surface area contributed by atoms with Gasteiger partial charge in [0.2, 0.25) is 0 Å². The number of methoxy groups -OCH3 is 1. The maximum absolute atomic E-state index is 12.5. The van der Waals surface area contributed by atoms with Gasteiger partial charge in [-0.1, -0.05) is 6.07 Å². The Morgan fingerprint density at radius 2 is 1.87 bits per heavy atom. The molecule has 1 heterocycles. The van der Waals surface area contributed by atoms with Gasteiger partial charge in [0.1, 0.15) is 5.75 Å². The quantitative estimate of drug-likeness (QED) is 0.412. The summed E-state index contributed by atoms with van der Waals surface area (Å²) in [5.41, 5.74) is 1.17. The Morgan fingerprint density at radius 1 is 1.10 bits per heavy atom. The Morgan fingerprint density at radius 3 is 2.50 bits per heavy atom. The van der Waals surface area contributed by atoms with Gasteiger partial charge < -0.3 is 24.1 Å². The molecular weight excluding hydrogens is 388 g/mol. The molecule has 0 radical (unpaired) electrons. The predicted octanol–water partition coefficient (Wildman–Crippen LogP) is 4.31. The van der Waals surface area contributed by atoms with E-state index in [1.54, 1.807) is 42.5 Å². The Balaban J connectivity index is 1.67. The Hall–Kier alpha value is -3.32. The first-order valence-electron chi connectivity index (χ1n) is 9.66. The minimum atomic E-state index is -1.01. The summed E-state index contributed by atoms with van der Waals surface area (Å²) in [5.74, 6) is -0.361. The summed E-state index contributed by atoms with van der Waals surface area (Å²) >= 11 is 0. The molecule has 7 heteroatoms. The fourth-order valence-electron chi connectivity index (χ4n) is 2.95. The van der Waals surface area contributed by atoms with E-state index < -0.39 is 11.9 Å². The highest BCUT2D eigenvalue weighted by Gasteiger charge is 2.17. The van der Waals surface area contributed by atoms with Gasteiger partial charge in [0.25, 0.3) is 0 Å². The SMILES string of the molecule is COc1cc(C=C(C)C(=O)O)ccc1OC(=O)c1ccc(OC2CCCCO2)cc1. The van der Waals surface area contributed by atoms with Gasteiger partial charge in [-0.25, -0.2) is 9.59 Å². The Kier molecular flexibility index (Phi) is 7.08. The second-order valence-electron chi connectivity index (χ2n) is 6.87. The van der Waals surface area contributed by atoms with Gasteiger partial charge in [0.05, 0.1) is 19.3 Å². The third kappa shape index (κ3) is 5.61. The van der Waals surface area contributed by atoms with Crippen molar-refractivity contribution in [2.24, 2.45) is 0 Å². The molecule has 1 atom stereocenters. The van der Waals surface area contributed by atoms with Crippen LogP contribution in [0.4, 0.5) is 0 Å². The van der Waals surface area contributed by atoms with Crippen LogP contribution in [0.25, 0.3) is 6.08 Å². The lowest BCUT2D eigenvalue weighted by molar-refractivity contribution is -0.132. The third-order valence-corrected chi connectivity index (χ3v) is 4.61. The van der Waals surface area contributed by atoms with Gasteiger partial charge in [-0.05, 0) is 67.8 Å². The van der Waals surface area contributed by atoms with Crippen LogP contribution in [-0.2, 0) is 9.53 Å². The molecule has 1 unspecified atom stereocenters. The number of carboxylic acid groups (broad SMARTS) is 1. The molecule has 1 saturated heterocycles. The van der Waals surface area contributed by atoms with Gasteiger partial charge in [-0.3, -0.25) is 0 Å². The van der Waals surface area contributed by atoms with E-state index in [0.29, 0.717) is 29.2 Å². The zero-order valence-corrected chi connectivity index (χ0v) is 16.9. The van der Waals surface area contributed by atoms with Crippen LogP contribution in [-0.4, -0.2) is 37.1 Å². The van der Waals surface area contributed by atoms with E-state index in [2.05, 4.69) is 0 Å². The fraction of sp³-hybridized carbons (Fsp3) is 0.304. The zero-order valence-electron chi connectivity index (χ0n) is 16.9. The van der Waals surface area contributed by atoms with Gasteiger partial charge in [0.15, 0.2) is 17.8 Å². The Bertz CT molecular complexity index is 925. The lowest BCUT2D eigenvalue weighted by Crippen LogP contribution is -2.24. The normalized spacial score (nSPS) is 16.6. The van der Waals surface area contributed by atoms with E-state index in [4.69, 9.17) is 24.1 Å². The van der Waals surface area contributed by atoms with Crippen LogP contribution >= 0.6 is 0 Å². The van der Waals surface area contributed by atoms with Crippen LogP contribution in [0.3, 0.4) is 0 Å². The summed E-state index contributed by atoms with van der Waals surface area (Å²) < 4.78 is 22.0. The molecule has 0 amide bonds. The van der Waals surface area contributed by atoms with E-state index in [1.807, 2.05) is 0 Å². The van der Waals surface area contributed by atoms with E-state index in [-0.39, 0.29) is 17.6 Å². The molecule has 2 aromatic rings. The van der Waals surface area contributed by atoms with Crippen LogP contribution in [0.15, 0.2) is 48.0 Å². The molecule has 1 N–H and O–H groups in total. The second-order valence-corrected chi connectivity index (χ2v) is 6.87. The van der Waals surface area contributed by atoms with Gasteiger partial charge in [-0.2, -0.15) is 0 Å². The topological polar surface area (TPSA) is 91.3 Å². The molecule has 0 bridgehead atoms. The van der Waals surface area contributed by atoms with E-state index >= 15 is 0 Å². The molecule has 1 aliphatic rings. The molecule has 158 valence electrons. The van der Waals surface area contributed by atoms with Crippen molar-refractivity contribution in [3.63, 3.8) is 0 Å². The van der Waals surface area contributed by atoms with E-state index in [0.717, 1.165) is 19.3 Å². The number of ether oxygens (including phenoxy) is 4. The van der Waals surface area contributed by atoms with E-state index in [1.165, 1.54) is 20.1 Å². The van der Waals surface area contributed by atoms with Crippen LogP contribution < -0.4 is 14.2 Å². The molecule has 30 heavy (non-hydrogen) atoms. The van der Waals surface area contributed by atoms with Gasteiger partial charge in [0, 0.05) is 12.0 Å². The molecule has 2 aromatic carbocycles. The number of esters is 1. The highest BCUT2D eigenvalue weighted by atomic mass is 16.7. The number of hydrogen-bond acceptors (Lipinski definition) is 6. The predicted molar refractivity (Wildman–Crippen MR) is 110 cm³/mol. The average molecular weight is 412 g/mol. The highest BCUT2D eigenvalue weighted by molar-refractivity contribution is 5.92. The summed E-state index contributed by atoms with van der Waals surface area (Å²) in [6.07, 6.45) is 4.22. The highest BCUT2D eigenvalue weighted by Crippen LogP contribution is 2.30. The first kappa shape index (κ1) is 21.4. The standard InChI is InChI=1S/C23H24O7/c1-15(22(24)25)13-16-6-11-19(20(14-16)27-2)30-23(26)17-7-9-18(10-8-17)29-21-5-3-4-12-28-21/h6-11,13-14,21H,3-5,12H2,1-2H3,(H,24,25). The van der Waals surface area contributed by atoms with Crippen LogP contribution in [0, 0.1) is 0 Å². The third-order valence-electron chi connectivity index (χ3n) is 4.61. The average Bonchev–Trinajstić information content (AvgIpc) is 2.75. The molecule has 1 aliphatic heterocycles. The number of carbonyl (C=O) groups is 2. The number of hydrogen-bond donors (Lipinski definition) is 1. The summed E-state index contributed by atoms with van der Waals surface area (Å²) in [5, 5.41) is 9.00. The van der Waals surface area contributed by atoms with Crippen molar-refractivity contribution in [3.8, 4) is 17.2 Å². The molecular formula is C23H24O7. The minimum Gasteiger partial charge on any atom is -0.493 e. The largest absolute Gasteiger partial charge is 0.493 e. The lowest BCUT2D eigenvalue weighted by atomic mass is 10.1. The summed E-state index contributed by atoms with van der Waals surface area (Å²) in [7, 11) is 1.45. The number of aliphatic carboxylic acids is 1. The van der Waals surface area contributed by atoms with Crippen LogP contribution in [0.2, 0.25) is 0 Å². The first-order valence-corrected chi connectivity index (χ1v) is 9.66. The number of carboxylic acids is 1. The summed E-state index contributed by atoms with van der Waals surface area (Å²) in [4.78, 5) is 23.5. The molecule has 7 nitrogen and oxygen atoms in total. The number of carbonyl (C=O) groups excluding carboxylic acids is 1. The second kappa shape index (κ2) is 9.93. The van der Waals surface area contributed by atoms with Crippen molar-refractivity contribution in [2.75, 3.05) is 13.7 Å². The smallest absolute Gasteiger partial charge is 0.343 e. The Labute approximate surface area is 174 Å². The summed E-state index contributed by atoms with van der Waals surface area (Å²) in [6, 6.07) is 11.5.